The fourth-order valence-electron chi connectivity index (χ4n) is 3.51. The summed E-state index contributed by atoms with van der Waals surface area (Å²) in [6, 6.07) is 8.18. The second-order valence-corrected chi connectivity index (χ2v) is 7.75. The third-order valence-electron chi connectivity index (χ3n) is 5.12. The van der Waals surface area contributed by atoms with Crippen molar-refractivity contribution >= 4 is 36.0 Å². The van der Waals surface area contributed by atoms with E-state index in [0.29, 0.717) is 11.8 Å². The molecule has 2 saturated heterocycles. The Kier molecular flexibility index (Phi) is 8.25. The number of thioether (sulfide) groups is 1. The molecule has 0 aromatic heterocycles. The van der Waals surface area contributed by atoms with Gasteiger partial charge in [0.25, 0.3) is 5.91 Å². The number of nitrogens with zero attached hydrogens (tertiary/aromatic N) is 2. The van der Waals surface area contributed by atoms with Crippen LogP contribution in [-0.4, -0.2) is 66.6 Å². The number of amides is 2. The molecule has 1 N–H and O–H groups in total. The van der Waals surface area contributed by atoms with Crippen LogP contribution in [0.15, 0.2) is 29.2 Å². The number of piperidine rings is 1. The average Bonchev–Trinajstić information content (AvgIpc) is 3.21. The number of rotatable bonds is 5. The van der Waals surface area contributed by atoms with Gasteiger partial charge in [-0.2, -0.15) is 0 Å². The Morgan fingerprint density at radius 1 is 1.08 bits per heavy atom. The molecular formula is C19H28ClN3O2S. The molecule has 5 nitrogen and oxygen atoms in total. The highest BCUT2D eigenvalue weighted by Gasteiger charge is 2.25. The van der Waals surface area contributed by atoms with Crippen LogP contribution in [0.25, 0.3) is 0 Å². The van der Waals surface area contributed by atoms with Gasteiger partial charge in [-0.25, -0.2) is 0 Å². The second-order valence-electron chi connectivity index (χ2n) is 6.73. The van der Waals surface area contributed by atoms with Gasteiger partial charge in [-0.3, -0.25) is 9.59 Å². The van der Waals surface area contributed by atoms with Crippen molar-refractivity contribution in [3.05, 3.63) is 29.8 Å². The highest BCUT2D eigenvalue weighted by Crippen LogP contribution is 2.26. The van der Waals surface area contributed by atoms with Gasteiger partial charge in [0.15, 0.2) is 0 Å². The maximum Gasteiger partial charge on any atom is 0.254 e. The van der Waals surface area contributed by atoms with Gasteiger partial charge in [-0.15, -0.1) is 24.2 Å². The minimum Gasteiger partial charge on any atom is -0.342 e. The summed E-state index contributed by atoms with van der Waals surface area (Å²) in [4.78, 5) is 30.0. The van der Waals surface area contributed by atoms with Crippen molar-refractivity contribution in [1.82, 2.24) is 15.1 Å². The van der Waals surface area contributed by atoms with Crippen molar-refractivity contribution in [3.63, 3.8) is 0 Å². The van der Waals surface area contributed by atoms with E-state index in [4.69, 9.17) is 0 Å². The summed E-state index contributed by atoms with van der Waals surface area (Å²) in [6.45, 7) is 3.33. The zero-order chi connectivity index (χ0) is 17.6. The van der Waals surface area contributed by atoms with E-state index in [0.717, 1.165) is 62.3 Å². The van der Waals surface area contributed by atoms with E-state index in [1.807, 2.05) is 41.1 Å². The molecule has 0 unspecified atom stereocenters. The van der Waals surface area contributed by atoms with E-state index in [1.165, 1.54) is 11.8 Å². The van der Waals surface area contributed by atoms with Gasteiger partial charge >= 0.3 is 0 Å². The van der Waals surface area contributed by atoms with E-state index < -0.39 is 0 Å². The third-order valence-corrected chi connectivity index (χ3v) is 6.18. The summed E-state index contributed by atoms with van der Waals surface area (Å²) in [5.74, 6) is 0.678. The maximum atomic E-state index is 12.9. The summed E-state index contributed by atoms with van der Waals surface area (Å²) < 4.78 is 0. The molecule has 2 fully saturated rings. The number of carbonyl (C=O) groups is 2. The normalized spacial score (nSPS) is 17.9. The van der Waals surface area contributed by atoms with Crippen LogP contribution in [0, 0.1) is 0 Å². The number of hydrogen-bond donors (Lipinski definition) is 1. The summed E-state index contributed by atoms with van der Waals surface area (Å²) in [5.41, 5.74) is 0.727. The van der Waals surface area contributed by atoms with Crippen LogP contribution in [0.4, 0.5) is 0 Å². The van der Waals surface area contributed by atoms with Crippen molar-refractivity contribution in [3.8, 4) is 0 Å². The number of halogens is 1. The molecule has 2 aliphatic heterocycles. The predicted molar refractivity (Wildman–Crippen MR) is 108 cm³/mol. The molecule has 2 heterocycles. The van der Waals surface area contributed by atoms with Gasteiger partial charge in [-0.1, -0.05) is 12.1 Å². The van der Waals surface area contributed by atoms with Crippen molar-refractivity contribution in [2.45, 2.75) is 36.6 Å². The highest BCUT2D eigenvalue weighted by atomic mass is 35.5. The SMILES string of the molecule is CNC1CCN(C(=O)c2ccccc2SCC(=O)N2CCCC2)CC1.Cl. The Labute approximate surface area is 166 Å². The van der Waals surface area contributed by atoms with Crippen LogP contribution in [-0.2, 0) is 4.79 Å². The Balaban J connectivity index is 0.00000243. The van der Waals surface area contributed by atoms with Gasteiger partial charge in [-0.05, 0) is 44.9 Å². The lowest BCUT2D eigenvalue weighted by Gasteiger charge is -2.32. The number of nitrogens with one attached hydrogen (secondary N) is 1. The lowest BCUT2D eigenvalue weighted by atomic mass is 10.0. The number of benzene rings is 1. The molecule has 1 aromatic rings. The summed E-state index contributed by atoms with van der Waals surface area (Å²) in [6.07, 6.45) is 4.19. The number of hydrogen-bond acceptors (Lipinski definition) is 4. The Hall–Kier alpha value is -1.24. The minimum atomic E-state index is 0. The van der Waals surface area contributed by atoms with E-state index in [1.54, 1.807) is 0 Å². The van der Waals surface area contributed by atoms with E-state index in [-0.39, 0.29) is 24.2 Å². The first kappa shape index (κ1) is 21.1. The fraction of sp³-hybridized carbons (Fsp3) is 0.579. The lowest BCUT2D eigenvalue weighted by molar-refractivity contribution is -0.127. The van der Waals surface area contributed by atoms with Gasteiger partial charge in [0.1, 0.15) is 0 Å². The molecule has 0 aliphatic carbocycles. The molecule has 0 radical (unpaired) electrons. The van der Waals surface area contributed by atoms with Crippen LogP contribution in [0.2, 0.25) is 0 Å². The van der Waals surface area contributed by atoms with Crippen LogP contribution in [0.1, 0.15) is 36.0 Å². The second kappa shape index (κ2) is 10.2. The summed E-state index contributed by atoms with van der Waals surface area (Å²) in [7, 11) is 1.98. The smallest absolute Gasteiger partial charge is 0.254 e. The summed E-state index contributed by atoms with van der Waals surface area (Å²) in [5, 5.41) is 3.29. The predicted octanol–water partition coefficient (Wildman–Crippen LogP) is 2.65. The third kappa shape index (κ3) is 5.15. The zero-order valence-corrected chi connectivity index (χ0v) is 16.9. The standard InChI is InChI=1S/C19H27N3O2S.ClH/c1-20-15-8-12-22(13-9-15)19(24)16-6-2-3-7-17(16)25-14-18(23)21-10-4-5-11-21;/h2-3,6-7,15,20H,4-5,8-14H2,1H3;1H. The monoisotopic (exact) mass is 397 g/mol. The first-order chi connectivity index (χ1) is 12.2. The number of carbonyl (C=O) groups excluding carboxylic acids is 2. The fourth-order valence-corrected chi connectivity index (χ4v) is 4.46. The van der Waals surface area contributed by atoms with Crippen LogP contribution in [0.5, 0.6) is 0 Å². The van der Waals surface area contributed by atoms with E-state index in [2.05, 4.69) is 5.32 Å². The number of likely N-dealkylation sites (tertiary alicyclic amines) is 2. The molecule has 26 heavy (non-hydrogen) atoms. The maximum absolute atomic E-state index is 12.9. The first-order valence-electron chi connectivity index (χ1n) is 9.15. The molecule has 2 aliphatic rings. The lowest BCUT2D eigenvalue weighted by Crippen LogP contribution is -2.44. The van der Waals surface area contributed by atoms with Gasteiger partial charge in [0.2, 0.25) is 5.91 Å². The van der Waals surface area contributed by atoms with E-state index >= 15 is 0 Å². The van der Waals surface area contributed by atoms with Crippen LogP contribution in [0.3, 0.4) is 0 Å². The van der Waals surface area contributed by atoms with Crippen molar-refractivity contribution < 1.29 is 9.59 Å². The molecule has 0 bridgehead atoms. The molecule has 2 amide bonds. The largest absolute Gasteiger partial charge is 0.342 e. The molecule has 0 atom stereocenters. The molecule has 1 aromatic carbocycles. The van der Waals surface area contributed by atoms with E-state index in [9.17, 15) is 9.59 Å². The molecule has 3 rings (SSSR count). The zero-order valence-electron chi connectivity index (χ0n) is 15.3. The Morgan fingerprint density at radius 2 is 1.73 bits per heavy atom. The Bertz CT molecular complexity index is 615. The molecule has 0 saturated carbocycles. The quantitative estimate of drug-likeness (QED) is 0.776. The molecule has 144 valence electrons. The molecule has 0 spiro atoms. The van der Waals surface area contributed by atoms with Gasteiger partial charge in [0.05, 0.1) is 11.3 Å². The van der Waals surface area contributed by atoms with Crippen molar-refractivity contribution in [2.24, 2.45) is 0 Å². The van der Waals surface area contributed by atoms with Crippen molar-refractivity contribution in [1.29, 1.82) is 0 Å². The molecule has 7 heteroatoms. The minimum absolute atomic E-state index is 0. The van der Waals surface area contributed by atoms with Crippen LogP contribution < -0.4 is 5.32 Å². The highest BCUT2D eigenvalue weighted by molar-refractivity contribution is 8.00. The Morgan fingerprint density at radius 3 is 2.38 bits per heavy atom. The van der Waals surface area contributed by atoms with Gasteiger partial charge in [0, 0.05) is 37.1 Å². The van der Waals surface area contributed by atoms with Gasteiger partial charge < -0.3 is 15.1 Å². The topological polar surface area (TPSA) is 52.7 Å². The van der Waals surface area contributed by atoms with Crippen LogP contribution >= 0.6 is 24.2 Å². The summed E-state index contributed by atoms with van der Waals surface area (Å²) >= 11 is 1.49. The molecular weight excluding hydrogens is 370 g/mol. The van der Waals surface area contributed by atoms with Crippen molar-refractivity contribution in [2.75, 3.05) is 39.0 Å². The first-order valence-corrected chi connectivity index (χ1v) is 10.1. The average molecular weight is 398 g/mol.